The fourth-order valence-corrected chi connectivity index (χ4v) is 7.50. The summed E-state index contributed by atoms with van der Waals surface area (Å²) in [7, 11) is -2.05. The Kier molecular flexibility index (Phi) is 6.70. The van der Waals surface area contributed by atoms with Crippen molar-refractivity contribution in [3.63, 3.8) is 0 Å². The molecule has 2 aliphatic carbocycles. The summed E-state index contributed by atoms with van der Waals surface area (Å²) in [6, 6.07) is 15.6. The first-order chi connectivity index (χ1) is 16.7. The monoisotopic (exact) mass is 500 g/mol. The zero-order chi connectivity index (χ0) is 24.7. The maximum atomic E-state index is 12.3. The summed E-state index contributed by atoms with van der Waals surface area (Å²) in [5.74, 6) is -0.0341. The SMILES string of the molecule is COCCS(=O)(=O)Nc1cccc(C2(O)C3CCC2CN(CC2(O)CCc4ccccc4C2)C3)c1. The quantitative estimate of drug-likeness (QED) is 0.515. The van der Waals surface area contributed by atoms with E-state index in [2.05, 4.69) is 27.8 Å². The van der Waals surface area contributed by atoms with E-state index in [0.717, 1.165) is 44.3 Å². The van der Waals surface area contributed by atoms with Gasteiger partial charge in [-0.05, 0) is 54.5 Å². The number of likely N-dealkylation sites (tertiary alicyclic amines) is 1. The molecule has 35 heavy (non-hydrogen) atoms. The molecular weight excluding hydrogens is 464 g/mol. The zero-order valence-corrected chi connectivity index (χ0v) is 21.1. The lowest BCUT2D eigenvalue weighted by atomic mass is 9.74. The van der Waals surface area contributed by atoms with E-state index >= 15 is 0 Å². The van der Waals surface area contributed by atoms with E-state index in [4.69, 9.17) is 4.74 Å². The molecule has 8 heteroatoms. The van der Waals surface area contributed by atoms with Crippen LogP contribution in [0.5, 0.6) is 0 Å². The Morgan fingerprint density at radius 1 is 1.06 bits per heavy atom. The van der Waals surface area contributed by atoms with E-state index in [1.807, 2.05) is 12.1 Å². The molecule has 5 rings (SSSR count). The normalized spacial score (nSPS) is 30.7. The van der Waals surface area contributed by atoms with Gasteiger partial charge in [0.05, 0.1) is 23.6 Å². The first-order valence-electron chi connectivity index (χ1n) is 12.5. The minimum Gasteiger partial charge on any atom is -0.388 e. The molecule has 2 aromatic rings. The molecule has 3 unspecified atom stereocenters. The highest BCUT2D eigenvalue weighted by atomic mass is 32.2. The van der Waals surface area contributed by atoms with Crippen LogP contribution in [0.3, 0.4) is 0 Å². The van der Waals surface area contributed by atoms with Crippen LogP contribution in [0.2, 0.25) is 0 Å². The Labute approximate surface area is 208 Å². The number of nitrogens with zero attached hydrogens (tertiary/aromatic N) is 1. The number of β-amino-alcohol motifs (C(OH)–C–C–N with tert-alkyl or cyclic N) is 1. The predicted octanol–water partition coefficient (Wildman–Crippen LogP) is 2.52. The number of piperidine rings is 1. The van der Waals surface area contributed by atoms with Gasteiger partial charge in [0.15, 0.2) is 0 Å². The molecule has 0 radical (unpaired) electrons. The largest absolute Gasteiger partial charge is 0.388 e. The molecule has 3 atom stereocenters. The van der Waals surface area contributed by atoms with Crippen LogP contribution < -0.4 is 4.72 Å². The van der Waals surface area contributed by atoms with E-state index in [1.165, 1.54) is 18.2 Å². The summed E-state index contributed by atoms with van der Waals surface area (Å²) < 4.78 is 32.2. The van der Waals surface area contributed by atoms with Crippen LogP contribution in [0, 0.1) is 11.8 Å². The number of nitrogens with one attached hydrogen (secondary N) is 1. The van der Waals surface area contributed by atoms with Crippen LogP contribution in [0.15, 0.2) is 48.5 Å². The number of fused-ring (bicyclic) bond motifs is 3. The average molecular weight is 501 g/mol. The highest BCUT2D eigenvalue weighted by molar-refractivity contribution is 7.92. The van der Waals surface area contributed by atoms with Gasteiger partial charge in [-0.15, -0.1) is 0 Å². The van der Waals surface area contributed by atoms with Crippen LogP contribution in [0.4, 0.5) is 5.69 Å². The number of anilines is 1. The van der Waals surface area contributed by atoms with Crippen LogP contribution in [-0.2, 0) is 33.2 Å². The van der Waals surface area contributed by atoms with Crippen molar-refractivity contribution in [3.05, 3.63) is 65.2 Å². The van der Waals surface area contributed by atoms with E-state index in [9.17, 15) is 18.6 Å². The van der Waals surface area contributed by atoms with Crippen LogP contribution >= 0.6 is 0 Å². The number of aliphatic hydroxyl groups is 2. The molecule has 1 heterocycles. The number of methoxy groups -OCH3 is 1. The second-order valence-electron chi connectivity index (χ2n) is 10.7. The Morgan fingerprint density at radius 2 is 1.77 bits per heavy atom. The van der Waals surface area contributed by atoms with Gasteiger partial charge in [0.1, 0.15) is 0 Å². The lowest BCUT2D eigenvalue weighted by molar-refractivity contribution is -0.106. The highest BCUT2D eigenvalue weighted by Gasteiger charge is 2.54. The molecule has 1 aliphatic heterocycles. The summed E-state index contributed by atoms with van der Waals surface area (Å²) in [5.41, 5.74) is 2.06. The third kappa shape index (κ3) is 5.00. The summed E-state index contributed by atoms with van der Waals surface area (Å²) in [5, 5.41) is 23.4. The van der Waals surface area contributed by atoms with Crippen molar-refractivity contribution < 1.29 is 23.4 Å². The standard InChI is InChI=1S/C27H36N2O5S/c1-34-13-14-35(32,33)28-25-8-4-7-22(15-25)27(31)23-9-10-24(27)18-29(17-23)19-26(30)12-11-20-5-2-3-6-21(20)16-26/h2-8,15,23-24,28,30-31H,9-14,16-19H2,1H3. The molecular formula is C27H36N2O5S. The molecule has 1 saturated heterocycles. The van der Waals surface area contributed by atoms with Crippen molar-refractivity contribution in [2.75, 3.05) is 43.8 Å². The van der Waals surface area contributed by atoms with Crippen LogP contribution in [0.1, 0.15) is 36.0 Å². The van der Waals surface area contributed by atoms with Gasteiger partial charge in [0.25, 0.3) is 0 Å². The Hall–Kier alpha value is -1.97. The van der Waals surface area contributed by atoms with Crippen LogP contribution in [-0.4, -0.2) is 68.2 Å². The summed E-state index contributed by atoms with van der Waals surface area (Å²) in [6.07, 6.45) is 4.16. The fraction of sp³-hybridized carbons (Fsp3) is 0.556. The lowest BCUT2D eigenvalue weighted by Gasteiger charge is -2.47. The molecule has 2 fully saturated rings. The predicted molar refractivity (Wildman–Crippen MR) is 136 cm³/mol. The molecule has 3 aliphatic rings. The average Bonchev–Trinajstić information content (AvgIpc) is 2.99. The molecule has 3 N–H and O–H groups in total. The first kappa shape index (κ1) is 24.7. The van der Waals surface area contributed by atoms with Gasteiger partial charge < -0.3 is 14.9 Å². The molecule has 0 aromatic heterocycles. The molecule has 7 nitrogen and oxygen atoms in total. The minimum atomic E-state index is -3.52. The van der Waals surface area contributed by atoms with Crippen molar-refractivity contribution >= 4 is 15.7 Å². The highest BCUT2D eigenvalue weighted by Crippen LogP contribution is 2.52. The molecule has 190 valence electrons. The Bertz CT molecular complexity index is 1160. The van der Waals surface area contributed by atoms with Gasteiger partial charge >= 0.3 is 0 Å². The number of sulfonamides is 1. The first-order valence-corrected chi connectivity index (χ1v) is 14.2. The summed E-state index contributed by atoms with van der Waals surface area (Å²) in [6.45, 7) is 2.18. The number of hydrogen-bond donors (Lipinski definition) is 3. The second kappa shape index (κ2) is 9.48. The summed E-state index contributed by atoms with van der Waals surface area (Å²) >= 11 is 0. The summed E-state index contributed by atoms with van der Waals surface area (Å²) in [4.78, 5) is 2.34. The van der Waals surface area contributed by atoms with Crippen molar-refractivity contribution in [3.8, 4) is 0 Å². The number of ether oxygens (including phenoxy) is 1. The zero-order valence-electron chi connectivity index (χ0n) is 20.3. The molecule has 0 spiro atoms. The van der Waals surface area contributed by atoms with Crippen LogP contribution in [0.25, 0.3) is 0 Å². The van der Waals surface area contributed by atoms with Gasteiger partial charge in [0.2, 0.25) is 10.0 Å². The minimum absolute atomic E-state index is 0.0427. The van der Waals surface area contributed by atoms with Crippen molar-refractivity contribution in [2.45, 2.75) is 43.3 Å². The van der Waals surface area contributed by atoms with Crippen molar-refractivity contribution in [1.29, 1.82) is 0 Å². The van der Waals surface area contributed by atoms with Gasteiger partial charge in [-0.25, -0.2) is 8.42 Å². The fourth-order valence-electron chi connectivity index (χ4n) is 6.53. The molecule has 1 saturated carbocycles. The third-order valence-electron chi connectivity index (χ3n) is 8.24. The van der Waals surface area contributed by atoms with E-state index in [1.54, 1.807) is 18.2 Å². The molecule has 2 bridgehead atoms. The number of rotatable bonds is 8. The van der Waals surface area contributed by atoms with E-state index in [-0.39, 0.29) is 24.2 Å². The molecule has 2 aromatic carbocycles. The van der Waals surface area contributed by atoms with Crippen molar-refractivity contribution in [1.82, 2.24) is 4.90 Å². The number of hydrogen-bond acceptors (Lipinski definition) is 6. The smallest absolute Gasteiger partial charge is 0.234 e. The topological polar surface area (TPSA) is 99.1 Å². The van der Waals surface area contributed by atoms with Gasteiger partial charge in [-0.1, -0.05) is 36.4 Å². The van der Waals surface area contributed by atoms with Gasteiger partial charge in [-0.3, -0.25) is 9.62 Å². The van der Waals surface area contributed by atoms with E-state index < -0.39 is 21.2 Å². The lowest BCUT2D eigenvalue weighted by Crippen LogP contribution is -2.56. The van der Waals surface area contributed by atoms with Crippen molar-refractivity contribution in [2.24, 2.45) is 11.8 Å². The Balaban J connectivity index is 1.29. The molecule has 0 amide bonds. The number of benzene rings is 2. The number of aryl methyl sites for hydroxylation is 1. The second-order valence-corrected chi connectivity index (χ2v) is 12.5. The third-order valence-corrected chi connectivity index (χ3v) is 9.49. The van der Waals surface area contributed by atoms with E-state index in [0.29, 0.717) is 18.7 Å². The van der Waals surface area contributed by atoms with Gasteiger partial charge in [0, 0.05) is 50.7 Å². The maximum absolute atomic E-state index is 12.3. The van der Waals surface area contributed by atoms with Gasteiger partial charge in [-0.2, -0.15) is 0 Å². The Morgan fingerprint density at radius 3 is 2.49 bits per heavy atom. The maximum Gasteiger partial charge on any atom is 0.234 e.